The van der Waals surface area contributed by atoms with Crippen LogP contribution in [-0.2, 0) is 14.8 Å². The summed E-state index contributed by atoms with van der Waals surface area (Å²) in [6.07, 6.45) is -2.85. The number of carbonyl (C=O) groups excluding carboxylic acids is 1. The summed E-state index contributed by atoms with van der Waals surface area (Å²) in [5, 5.41) is 4.38. The molecule has 20 heavy (non-hydrogen) atoms. The van der Waals surface area contributed by atoms with E-state index in [4.69, 9.17) is 0 Å². The van der Waals surface area contributed by atoms with E-state index in [0.717, 1.165) is 6.26 Å². The standard InChI is InChI=1S/C10H20F3N3O3S/c1-3-16(20(2,18)19)6-4-5-14-7-9(17)15-8-10(11,12)13/h14H,3-8H2,1-2H3,(H,15,17). The van der Waals surface area contributed by atoms with Gasteiger partial charge in [-0.1, -0.05) is 6.92 Å². The normalized spacial score (nSPS) is 12.7. The Morgan fingerprint density at radius 1 is 1.30 bits per heavy atom. The number of rotatable bonds is 9. The number of hydrogen-bond donors (Lipinski definition) is 2. The van der Waals surface area contributed by atoms with Crippen molar-refractivity contribution in [2.24, 2.45) is 0 Å². The molecule has 0 aliphatic rings. The van der Waals surface area contributed by atoms with Crippen LogP contribution in [0.4, 0.5) is 13.2 Å². The van der Waals surface area contributed by atoms with Crippen LogP contribution >= 0.6 is 0 Å². The van der Waals surface area contributed by atoms with Gasteiger partial charge in [0.15, 0.2) is 0 Å². The average Bonchev–Trinajstić information content (AvgIpc) is 2.28. The van der Waals surface area contributed by atoms with Gasteiger partial charge in [0.25, 0.3) is 0 Å². The van der Waals surface area contributed by atoms with Crippen molar-refractivity contribution in [1.82, 2.24) is 14.9 Å². The van der Waals surface area contributed by atoms with Crippen LogP contribution in [0.5, 0.6) is 0 Å². The molecule has 0 saturated heterocycles. The fraction of sp³-hybridized carbons (Fsp3) is 0.900. The van der Waals surface area contributed by atoms with Gasteiger partial charge in [0, 0.05) is 13.1 Å². The molecule has 0 rings (SSSR count). The lowest BCUT2D eigenvalue weighted by Gasteiger charge is -2.17. The smallest absolute Gasteiger partial charge is 0.346 e. The molecule has 0 aromatic rings. The van der Waals surface area contributed by atoms with Crippen molar-refractivity contribution in [1.29, 1.82) is 0 Å². The van der Waals surface area contributed by atoms with Gasteiger partial charge in [-0.2, -0.15) is 13.2 Å². The van der Waals surface area contributed by atoms with Gasteiger partial charge < -0.3 is 10.6 Å². The van der Waals surface area contributed by atoms with E-state index >= 15 is 0 Å². The Morgan fingerprint density at radius 3 is 2.35 bits per heavy atom. The van der Waals surface area contributed by atoms with Gasteiger partial charge in [-0.3, -0.25) is 4.79 Å². The maximum atomic E-state index is 11.8. The van der Waals surface area contributed by atoms with Gasteiger partial charge in [-0.05, 0) is 13.0 Å². The lowest BCUT2D eigenvalue weighted by Crippen LogP contribution is -2.40. The van der Waals surface area contributed by atoms with Crippen LogP contribution in [0.2, 0.25) is 0 Å². The Morgan fingerprint density at radius 2 is 1.90 bits per heavy atom. The van der Waals surface area contributed by atoms with Gasteiger partial charge in [0.05, 0.1) is 12.8 Å². The van der Waals surface area contributed by atoms with Gasteiger partial charge in [-0.25, -0.2) is 12.7 Å². The third kappa shape index (κ3) is 9.98. The van der Waals surface area contributed by atoms with Gasteiger partial charge in [0.1, 0.15) is 6.54 Å². The molecule has 0 bridgehead atoms. The lowest BCUT2D eigenvalue weighted by atomic mass is 10.4. The number of halogens is 3. The van der Waals surface area contributed by atoms with E-state index in [1.165, 1.54) is 4.31 Å². The van der Waals surface area contributed by atoms with Crippen molar-refractivity contribution in [3.8, 4) is 0 Å². The molecule has 0 aromatic heterocycles. The van der Waals surface area contributed by atoms with E-state index in [-0.39, 0.29) is 6.54 Å². The molecular weight excluding hydrogens is 299 g/mol. The number of amides is 1. The molecule has 0 radical (unpaired) electrons. The minimum atomic E-state index is -4.42. The van der Waals surface area contributed by atoms with Crippen molar-refractivity contribution in [2.75, 3.05) is 39.0 Å². The Balaban J connectivity index is 3.74. The monoisotopic (exact) mass is 319 g/mol. The first-order valence-corrected chi connectivity index (χ1v) is 7.90. The van der Waals surface area contributed by atoms with Crippen LogP contribution < -0.4 is 10.6 Å². The molecule has 0 spiro atoms. The zero-order valence-electron chi connectivity index (χ0n) is 11.5. The van der Waals surface area contributed by atoms with E-state index in [1.54, 1.807) is 12.2 Å². The summed E-state index contributed by atoms with van der Waals surface area (Å²) < 4.78 is 59.2. The number of hydrogen-bond acceptors (Lipinski definition) is 4. The number of carbonyl (C=O) groups is 1. The predicted molar refractivity (Wildman–Crippen MR) is 68.6 cm³/mol. The van der Waals surface area contributed by atoms with Crippen molar-refractivity contribution in [3.63, 3.8) is 0 Å². The molecule has 0 unspecified atom stereocenters. The van der Waals surface area contributed by atoms with E-state index in [9.17, 15) is 26.4 Å². The van der Waals surface area contributed by atoms with Crippen LogP contribution in [0.25, 0.3) is 0 Å². The largest absolute Gasteiger partial charge is 0.405 e. The zero-order valence-corrected chi connectivity index (χ0v) is 12.3. The molecule has 0 fully saturated rings. The SMILES string of the molecule is CCN(CCCNCC(=O)NCC(F)(F)F)S(C)(=O)=O. The molecule has 6 nitrogen and oxygen atoms in total. The minimum Gasteiger partial charge on any atom is -0.346 e. The zero-order chi connectivity index (χ0) is 15.8. The lowest BCUT2D eigenvalue weighted by molar-refractivity contribution is -0.137. The quantitative estimate of drug-likeness (QED) is 0.583. The van der Waals surface area contributed by atoms with Crippen molar-refractivity contribution in [3.05, 3.63) is 0 Å². The maximum absolute atomic E-state index is 11.8. The Kier molecular flexibility index (Phi) is 8.06. The third-order valence-electron chi connectivity index (χ3n) is 2.35. The summed E-state index contributed by atoms with van der Waals surface area (Å²) in [6, 6.07) is 0. The van der Waals surface area contributed by atoms with E-state index in [0.29, 0.717) is 26.1 Å². The first kappa shape index (κ1) is 19.1. The topological polar surface area (TPSA) is 78.5 Å². The Labute approximate surface area is 116 Å². The van der Waals surface area contributed by atoms with Crippen LogP contribution in [0, 0.1) is 0 Å². The van der Waals surface area contributed by atoms with Crippen LogP contribution in [-0.4, -0.2) is 63.8 Å². The van der Waals surface area contributed by atoms with Crippen molar-refractivity contribution in [2.45, 2.75) is 19.5 Å². The molecule has 1 amide bonds. The maximum Gasteiger partial charge on any atom is 0.405 e. The summed E-state index contributed by atoms with van der Waals surface area (Å²) in [7, 11) is -3.24. The molecule has 0 heterocycles. The number of nitrogens with one attached hydrogen (secondary N) is 2. The number of nitrogens with zero attached hydrogens (tertiary/aromatic N) is 1. The molecule has 0 aromatic carbocycles. The molecule has 0 saturated carbocycles. The number of alkyl halides is 3. The van der Waals surface area contributed by atoms with Crippen LogP contribution in [0.3, 0.4) is 0 Å². The first-order chi connectivity index (χ1) is 9.06. The molecule has 0 aliphatic heterocycles. The minimum absolute atomic E-state index is 0.235. The van der Waals surface area contributed by atoms with Crippen LogP contribution in [0.1, 0.15) is 13.3 Å². The summed E-state index contributed by atoms with van der Waals surface area (Å²) in [5.74, 6) is -0.752. The highest BCUT2D eigenvalue weighted by Gasteiger charge is 2.27. The molecule has 0 atom stereocenters. The summed E-state index contributed by atoms with van der Waals surface area (Å²) in [6.45, 7) is 1.11. The molecule has 10 heteroatoms. The summed E-state index contributed by atoms with van der Waals surface area (Å²) in [5.41, 5.74) is 0. The summed E-state index contributed by atoms with van der Waals surface area (Å²) in [4.78, 5) is 11.0. The second-order valence-corrected chi connectivity index (χ2v) is 6.16. The Hall–Kier alpha value is -0.870. The van der Waals surface area contributed by atoms with Crippen LogP contribution in [0.15, 0.2) is 0 Å². The number of sulfonamides is 1. The Bertz CT molecular complexity index is 398. The van der Waals surface area contributed by atoms with Gasteiger partial charge >= 0.3 is 6.18 Å². The molecule has 0 aliphatic carbocycles. The fourth-order valence-corrected chi connectivity index (χ4v) is 2.33. The molecular formula is C10H20F3N3O3S. The summed E-state index contributed by atoms with van der Waals surface area (Å²) >= 11 is 0. The van der Waals surface area contributed by atoms with E-state index in [1.807, 2.05) is 0 Å². The van der Waals surface area contributed by atoms with Gasteiger partial charge in [0.2, 0.25) is 15.9 Å². The van der Waals surface area contributed by atoms with E-state index in [2.05, 4.69) is 5.32 Å². The van der Waals surface area contributed by atoms with Crippen molar-refractivity contribution >= 4 is 15.9 Å². The molecule has 120 valence electrons. The van der Waals surface area contributed by atoms with E-state index < -0.39 is 28.7 Å². The predicted octanol–water partition coefficient (Wildman–Crippen LogP) is -0.0739. The first-order valence-electron chi connectivity index (χ1n) is 6.05. The highest BCUT2D eigenvalue weighted by atomic mass is 32.2. The van der Waals surface area contributed by atoms with Gasteiger partial charge in [-0.15, -0.1) is 0 Å². The third-order valence-corrected chi connectivity index (χ3v) is 3.73. The fourth-order valence-electron chi connectivity index (χ4n) is 1.40. The van der Waals surface area contributed by atoms with Crippen molar-refractivity contribution < 1.29 is 26.4 Å². The average molecular weight is 319 g/mol. The second kappa shape index (κ2) is 8.42. The highest BCUT2D eigenvalue weighted by Crippen LogP contribution is 2.11. The highest BCUT2D eigenvalue weighted by molar-refractivity contribution is 7.88. The second-order valence-electron chi connectivity index (χ2n) is 4.18. The molecule has 2 N–H and O–H groups in total.